The lowest BCUT2D eigenvalue weighted by Gasteiger charge is -2.26. The van der Waals surface area contributed by atoms with Gasteiger partial charge in [0.2, 0.25) is 0 Å². The molecule has 7 heteroatoms. The fraction of sp³-hybridized carbons (Fsp3) is 0.615. The second-order valence-electron chi connectivity index (χ2n) is 5.34. The lowest BCUT2D eigenvalue weighted by Crippen LogP contribution is -2.42. The number of aliphatic hydroxyl groups is 1. The van der Waals surface area contributed by atoms with E-state index in [0.29, 0.717) is 12.8 Å². The summed E-state index contributed by atoms with van der Waals surface area (Å²) in [5.74, 6) is -0.654. The van der Waals surface area contributed by atoms with Gasteiger partial charge in [0.1, 0.15) is 0 Å². The van der Waals surface area contributed by atoms with Gasteiger partial charge in [-0.15, -0.1) is 0 Å². The summed E-state index contributed by atoms with van der Waals surface area (Å²) in [6.07, 6.45) is 5.50. The predicted octanol–water partition coefficient (Wildman–Crippen LogP) is 1.74. The van der Waals surface area contributed by atoms with E-state index in [-0.39, 0.29) is 18.1 Å². The number of rotatable bonds is 4. The van der Waals surface area contributed by atoms with Crippen molar-refractivity contribution in [2.24, 2.45) is 0 Å². The van der Waals surface area contributed by atoms with Crippen LogP contribution in [0.5, 0.6) is 0 Å². The molecule has 3 N–H and O–H groups in total. The Balaban J connectivity index is 1.92. The number of nitro groups is 1. The van der Waals surface area contributed by atoms with Crippen LogP contribution in [0.4, 0.5) is 5.82 Å². The summed E-state index contributed by atoms with van der Waals surface area (Å²) in [7, 11) is 0. The van der Waals surface area contributed by atoms with Gasteiger partial charge in [-0.2, -0.15) is 0 Å². The van der Waals surface area contributed by atoms with E-state index in [1.165, 1.54) is 12.1 Å². The minimum Gasteiger partial charge on any atom is -0.388 e. The summed E-state index contributed by atoms with van der Waals surface area (Å²) in [5, 5.41) is 23.6. The lowest BCUT2D eigenvalue weighted by molar-refractivity contribution is -0.389. The fourth-order valence-electron chi connectivity index (χ4n) is 2.53. The molecule has 0 spiro atoms. The SMILES string of the molecule is O=C(NCC1(O)CCCCCC1)c1ccc([N+](=O)[O-])[nH]1. The molecule has 1 aromatic heterocycles. The van der Waals surface area contributed by atoms with Crippen molar-refractivity contribution in [2.75, 3.05) is 6.54 Å². The minimum atomic E-state index is -0.856. The molecule has 7 nitrogen and oxygen atoms in total. The first-order valence-electron chi connectivity index (χ1n) is 6.84. The summed E-state index contributed by atoms with van der Waals surface area (Å²) in [4.78, 5) is 24.3. The number of aromatic amines is 1. The highest BCUT2D eigenvalue weighted by atomic mass is 16.6. The zero-order chi connectivity index (χ0) is 14.6. The number of aromatic nitrogens is 1. The van der Waals surface area contributed by atoms with Crippen LogP contribution in [0, 0.1) is 10.1 Å². The number of nitrogens with one attached hydrogen (secondary N) is 2. The summed E-state index contributed by atoms with van der Waals surface area (Å²) < 4.78 is 0. The van der Waals surface area contributed by atoms with Gasteiger partial charge in [-0.3, -0.25) is 4.79 Å². The van der Waals surface area contributed by atoms with Gasteiger partial charge in [0.25, 0.3) is 5.91 Å². The smallest absolute Gasteiger partial charge is 0.321 e. The number of hydrogen-bond donors (Lipinski definition) is 3. The van der Waals surface area contributed by atoms with E-state index in [9.17, 15) is 20.0 Å². The molecule has 1 amide bonds. The molecule has 0 aliphatic heterocycles. The molecule has 0 atom stereocenters. The zero-order valence-corrected chi connectivity index (χ0v) is 11.2. The first-order valence-corrected chi connectivity index (χ1v) is 6.84. The second-order valence-corrected chi connectivity index (χ2v) is 5.34. The zero-order valence-electron chi connectivity index (χ0n) is 11.2. The van der Waals surface area contributed by atoms with Crippen LogP contribution < -0.4 is 5.32 Å². The molecule has 1 fully saturated rings. The molecule has 0 bridgehead atoms. The number of amides is 1. The highest BCUT2D eigenvalue weighted by Gasteiger charge is 2.29. The summed E-state index contributed by atoms with van der Waals surface area (Å²) in [6, 6.07) is 2.61. The third-order valence-electron chi connectivity index (χ3n) is 3.72. The van der Waals surface area contributed by atoms with Crippen LogP contribution >= 0.6 is 0 Å². The molecule has 1 heterocycles. The van der Waals surface area contributed by atoms with E-state index in [0.717, 1.165) is 25.7 Å². The second kappa shape index (κ2) is 6.04. The molecule has 2 rings (SSSR count). The Morgan fingerprint density at radius 1 is 1.35 bits per heavy atom. The molecule has 0 saturated heterocycles. The standard InChI is InChI=1S/C13H19N3O4/c17-12(10-5-6-11(15-10)16(19)20)14-9-13(18)7-3-1-2-4-8-13/h5-6,15,18H,1-4,7-9H2,(H,14,17). The normalized spacial score (nSPS) is 18.2. The van der Waals surface area contributed by atoms with Gasteiger partial charge in [-0.05, 0) is 23.8 Å². The van der Waals surface area contributed by atoms with Crippen molar-refractivity contribution in [1.82, 2.24) is 10.3 Å². The van der Waals surface area contributed by atoms with Crippen LogP contribution in [0.15, 0.2) is 12.1 Å². The number of carbonyl (C=O) groups excluding carboxylic acids is 1. The lowest BCUT2D eigenvalue weighted by atomic mass is 9.94. The molecule has 1 aliphatic rings. The Hall–Kier alpha value is -1.89. The van der Waals surface area contributed by atoms with Gasteiger partial charge in [0.05, 0.1) is 5.60 Å². The first kappa shape index (κ1) is 14.5. The van der Waals surface area contributed by atoms with Crippen molar-refractivity contribution in [1.29, 1.82) is 0 Å². The van der Waals surface area contributed by atoms with Crippen LogP contribution in [-0.4, -0.2) is 33.1 Å². The van der Waals surface area contributed by atoms with Crippen molar-refractivity contribution in [3.63, 3.8) is 0 Å². The van der Waals surface area contributed by atoms with Crippen LogP contribution in [0.2, 0.25) is 0 Å². The van der Waals surface area contributed by atoms with E-state index in [1.807, 2.05) is 0 Å². The van der Waals surface area contributed by atoms with Gasteiger partial charge in [0.15, 0.2) is 5.69 Å². The van der Waals surface area contributed by atoms with Crippen molar-refractivity contribution in [2.45, 2.75) is 44.1 Å². The Kier molecular flexibility index (Phi) is 4.39. The maximum atomic E-state index is 11.9. The van der Waals surface area contributed by atoms with E-state index >= 15 is 0 Å². The molecule has 20 heavy (non-hydrogen) atoms. The highest BCUT2D eigenvalue weighted by molar-refractivity contribution is 5.92. The van der Waals surface area contributed by atoms with Crippen molar-refractivity contribution >= 4 is 11.7 Å². The number of carbonyl (C=O) groups is 1. The Morgan fingerprint density at radius 3 is 2.55 bits per heavy atom. The third kappa shape index (κ3) is 3.57. The quantitative estimate of drug-likeness (QED) is 0.443. The number of H-pyrrole nitrogens is 1. The fourth-order valence-corrected chi connectivity index (χ4v) is 2.53. The minimum absolute atomic E-state index is 0.133. The molecule has 0 unspecified atom stereocenters. The Bertz CT molecular complexity index is 490. The van der Waals surface area contributed by atoms with Crippen LogP contribution in [0.3, 0.4) is 0 Å². The maximum absolute atomic E-state index is 11.9. The number of nitrogens with zero attached hydrogens (tertiary/aromatic N) is 1. The van der Waals surface area contributed by atoms with Gasteiger partial charge < -0.3 is 20.5 Å². The van der Waals surface area contributed by atoms with Crippen molar-refractivity contribution in [3.8, 4) is 0 Å². The van der Waals surface area contributed by atoms with E-state index in [2.05, 4.69) is 10.3 Å². The highest BCUT2D eigenvalue weighted by Crippen LogP contribution is 2.26. The van der Waals surface area contributed by atoms with E-state index in [1.54, 1.807) is 0 Å². The molecule has 110 valence electrons. The van der Waals surface area contributed by atoms with E-state index in [4.69, 9.17) is 0 Å². The average molecular weight is 281 g/mol. The summed E-state index contributed by atoms with van der Waals surface area (Å²) in [6.45, 7) is 0.179. The predicted molar refractivity (Wildman–Crippen MR) is 72.4 cm³/mol. The monoisotopic (exact) mass is 281 g/mol. The van der Waals surface area contributed by atoms with E-state index < -0.39 is 16.4 Å². The Labute approximate surface area is 116 Å². The molecular weight excluding hydrogens is 262 g/mol. The largest absolute Gasteiger partial charge is 0.388 e. The summed E-state index contributed by atoms with van der Waals surface area (Å²) >= 11 is 0. The molecule has 0 aromatic carbocycles. The topological polar surface area (TPSA) is 108 Å². The number of hydrogen-bond acceptors (Lipinski definition) is 4. The van der Waals surface area contributed by atoms with Gasteiger partial charge in [0, 0.05) is 12.6 Å². The molecule has 1 saturated carbocycles. The van der Waals surface area contributed by atoms with Crippen molar-refractivity contribution in [3.05, 3.63) is 27.9 Å². The van der Waals surface area contributed by atoms with Crippen LogP contribution in [0.1, 0.15) is 49.0 Å². The third-order valence-corrected chi connectivity index (χ3v) is 3.72. The van der Waals surface area contributed by atoms with Crippen LogP contribution in [0.25, 0.3) is 0 Å². The van der Waals surface area contributed by atoms with Crippen molar-refractivity contribution < 1.29 is 14.8 Å². The molecule has 0 radical (unpaired) electrons. The molecular formula is C13H19N3O4. The van der Waals surface area contributed by atoms with Gasteiger partial charge >= 0.3 is 5.82 Å². The maximum Gasteiger partial charge on any atom is 0.321 e. The Morgan fingerprint density at radius 2 is 2.00 bits per heavy atom. The van der Waals surface area contributed by atoms with Gasteiger partial charge in [-0.1, -0.05) is 25.7 Å². The van der Waals surface area contributed by atoms with Gasteiger partial charge in [-0.25, -0.2) is 4.98 Å². The molecule has 1 aromatic rings. The van der Waals surface area contributed by atoms with Crippen LogP contribution in [-0.2, 0) is 0 Å². The molecule has 1 aliphatic carbocycles. The summed E-state index contributed by atoms with van der Waals surface area (Å²) in [5.41, 5.74) is -0.723. The average Bonchev–Trinajstić information content (AvgIpc) is 2.81. The first-order chi connectivity index (χ1) is 9.50.